The highest BCUT2D eigenvalue weighted by molar-refractivity contribution is 6.30. The van der Waals surface area contributed by atoms with E-state index in [1.54, 1.807) is 4.68 Å². The van der Waals surface area contributed by atoms with Crippen LogP contribution in [0.25, 0.3) is 28.0 Å². The highest BCUT2D eigenvalue weighted by Gasteiger charge is 2.23. The van der Waals surface area contributed by atoms with E-state index in [2.05, 4.69) is 16.8 Å². The van der Waals surface area contributed by atoms with Crippen LogP contribution in [0.4, 0.5) is 11.8 Å². The molecule has 0 atom stereocenters. The van der Waals surface area contributed by atoms with E-state index in [9.17, 15) is 0 Å². The number of nitrogens with zero attached hydrogens (tertiary/aromatic N) is 6. The van der Waals surface area contributed by atoms with Crippen LogP contribution in [0.15, 0.2) is 54.6 Å². The summed E-state index contributed by atoms with van der Waals surface area (Å²) in [6.07, 6.45) is 0. The Balaban J connectivity index is 1.70. The Morgan fingerprint density at radius 3 is 2.30 bits per heavy atom. The van der Waals surface area contributed by atoms with Gasteiger partial charge in [0.25, 0.3) is 0 Å². The van der Waals surface area contributed by atoms with Gasteiger partial charge in [-0.15, -0.1) is 5.10 Å². The van der Waals surface area contributed by atoms with Crippen LogP contribution < -0.4 is 10.6 Å². The summed E-state index contributed by atoms with van der Waals surface area (Å²) in [5.74, 6) is 1.20. The minimum atomic E-state index is 0.510. The van der Waals surface area contributed by atoms with E-state index in [-0.39, 0.29) is 0 Å². The van der Waals surface area contributed by atoms with E-state index >= 15 is 0 Å². The SMILES string of the molecule is CN1CCN(c2nc(-c3ccccc3)c3c(N)n(-c4ccc(Cl)cc4)nc3n2)CC1. The number of hydrogen-bond acceptors (Lipinski definition) is 6. The Labute approximate surface area is 179 Å². The molecule has 1 aliphatic heterocycles. The van der Waals surface area contributed by atoms with Crippen LogP contribution >= 0.6 is 11.6 Å². The van der Waals surface area contributed by atoms with Gasteiger partial charge in [-0.05, 0) is 31.3 Å². The van der Waals surface area contributed by atoms with Gasteiger partial charge in [0, 0.05) is 36.8 Å². The largest absolute Gasteiger partial charge is 0.383 e. The number of nitrogen functional groups attached to an aromatic ring is 1. The first-order chi connectivity index (χ1) is 14.6. The fourth-order valence-electron chi connectivity index (χ4n) is 3.73. The van der Waals surface area contributed by atoms with Crippen LogP contribution in [0.1, 0.15) is 0 Å². The second-order valence-corrected chi connectivity index (χ2v) is 7.94. The van der Waals surface area contributed by atoms with Gasteiger partial charge in [0.1, 0.15) is 5.82 Å². The van der Waals surface area contributed by atoms with Gasteiger partial charge in [0.05, 0.1) is 16.8 Å². The van der Waals surface area contributed by atoms with Crippen molar-refractivity contribution in [1.82, 2.24) is 24.6 Å². The summed E-state index contributed by atoms with van der Waals surface area (Å²) in [4.78, 5) is 14.3. The first-order valence-corrected chi connectivity index (χ1v) is 10.3. The summed E-state index contributed by atoms with van der Waals surface area (Å²) in [6, 6.07) is 17.5. The number of halogens is 1. The number of likely N-dealkylation sites (N-methyl/N-ethyl adjacent to an activating group) is 1. The second-order valence-electron chi connectivity index (χ2n) is 7.50. The van der Waals surface area contributed by atoms with E-state index in [0.29, 0.717) is 22.4 Å². The third-order valence-corrected chi connectivity index (χ3v) is 5.71. The molecule has 152 valence electrons. The van der Waals surface area contributed by atoms with Crippen molar-refractivity contribution in [3.8, 4) is 16.9 Å². The molecule has 4 aromatic rings. The van der Waals surface area contributed by atoms with E-state index in [1.807, 2.05) is 54.6 Å². The summed E-state index contributed by atoms with van der Waals surface area (Å²) in [5.41, 5.74) is 9.77. The predicted octanol–water partition coefficient (Wildman–Crippen LogP) is 3.47. The predicted molar refractivity (Wildman–Crippen MR) is 121 cm³/mol. The fourth-order valence-corrected chi connectivity index (χ4v) is 3.86. The number of rotatable bonds is 3. The molecule has 30 heavy (non-hydrogen) atoms. The second kappa shape index (κ2) is 7.59. The van der Waals surface area contributed by atoms with Crippen LogP contribution in [0.3, 0.4) is 0 Å². The minimum absolute atomic E-state index is 0.510. The Kier molecular flexibility index (Phi) is 4.77. The fraction of sp³-hybridized carbons (Fsp3) is 0.227. The summed E-state index contributed by atoms with van der Waals surface area (Å²) in [6.45, 7) is 3.71. The molecule has 0 amide bonds. The topological polar surface area (TPSA) is 76.1 Å². The molecule has 5 rings (SSSR count). The molecule has 8 heteroatoms. The molecule has 0 aliphatic carbocycles. The normalized spacial score (nSPS) is 15.1. The molecule has 0 radical (unpaired) electrons. The number of aromatic nitrogens is 4. The molecule has 1 aliphatic rings. The van der Waals surface area contributed by atoms with Gasteiger partial charge in [-0.25, -0.2) is 9.67 Å². The van der Waals surface area contributed by atoms with Gasteiger partial charge in [-0.1, -0.05) is 41.9 Å². The van der Waals surface area contributed by atoms with Crippen molar-refractivity contribution >= 4 is 34.4 Å². The lowest BCUT2D eigenvalue weighted by molar-refractivity contribution is 0.311. The van der Waals surface area contributed by atoms with Crippen LogP contribution in [0, 0.1) is 0 Å². The zero-order chi connectivity index (χ0) is 20.7. The van der Waals surface area contributed by atoms with E-state index in [1.165, 1.54) is 0 Å². The maximum Gasteiger partial charge on any atom is 0.228 e. The molecular formula is C22H22ClN7. The summed E-state index contributed by atoms with van der Waals surface area (Å²) in [7, 11) is 2.13. The Hall–Kier alpha value is -3.16. The molecule has 2 aromatic heterocycles. The molecule has 3 heterocycles. The van der Waals surface area contributed by atoms with Gasteiger partial charge < -0.3 is 15.5 Å². The summed E-state index contributed by atoms with van der Waals surface area (Å²) in [5, 5.41) is 6.15. The zero-order valence-electron chi connectivity index (χ0n) is 16.7. The number of fused-ring (bicyclic) bond motifs is 1. The molecule has 0 spiro atoms. The number of piperazine rings is 1. The van der Waals surface area contributed by atoms with E-state index in [0.717, 1.165) is 48.5 Å². The van der Waals surface area contributed by atoms with Crippen molar-refractivity contribution in [2.24, 2.45) is 0 Å². The van der Waals surface area contributed by atoms with Gasteiger partial charge in [0.2, 0.25) is 5.95 Å². The van der Waals surface area contributed by atoms with E-state index in [4.69, 9.17) is 32.4 Å². The smallest absolute Gasteiger partial charge is 0.228 e. The van der Waals surface area contributed by atoms with Crippen molar-refractivity contribution in [2.75, 3.05) is 43.9 Å². The minimum Gasteiger partial charge on any atom is -0.383 e. The standard InChI is InChI=1S/C22H22ClN7/c1-28-11-13-29(14-12-28)22-25-19(15-5-3-2-4-6-15)18-20(24)30(27-21(18)26-22)17-9-7-16(23)8-10-17/h2-10H,11-14,24H2,1H3. The molecule has 0 bridgehead atoms. The van der Waals surface area contributed by atoms with E-state index < -0.39 is 0 Å². The van der Waals surface area contributed by atoms with Gasteiger partial charge >= 0.3 is 0 Å². The first kappa shape index (κ1) is 18.8. The van der Waals surface area contributed by atoms with Crippen LogP contribution in [-0.4, -0.2) is 57.9 Å². The van der Waals surface area contributed by atoms with Crippen LogP contribution in [0.5, 0.6) is 0 Å². The van der Waals surface area contributed by atoms with Crippen molar-refractivity contribution in [2.45, 2.75) is 0 Å². The number of hydrogen-bond donors (Lipinski definition) is 1. The monoisotopic (exact) mass is 419 g/mol. The Morgan fingerprint density at radius 2 is 1.60 bits per heavy atom. The Morgan fingerprint density at radius 1 is 0.900 bits per heavy atom. The summed E-state index contributed by atoms with van der Waals surface area (Å²) >= 11 is 6.05. The van der Waals surface area contributed by atoms with Gasteiger partial charge in [-0.2, -0.15) is 4.98 Å². The first-order valence-electron chi connectivity index (χ1n) is 9.91. The number of nitrogens with two attached hydrogens (primary N) is 1. The zero-order valence-corrected chi connectivity index (χ0v) is 17.4. The number of anilines is 2. The van der Waals surface area contributed by atoms with Gasteiger partial charge in [0.15, 0.2) is 5.65 Å². The third-order valence-electron chi connectivity index (χ3n) is 5.46. The molecule has 1 saturated heterocycles. The molecule has 0 saturated carbocycles. The lowest BCUT2D eigenvalue weighted by Gasteiger charge is -2.32. The maximum absolute atomic E-state index is 6.56. The van der Waals surface area contributed by atoms with Crippen molar-refractivity contribution in [1.29, 1.82) is 0 Å². The lowest BCUT2D eigenvalue weighted by atomic mass is 10.1. The quantitative estimate of drug-likeness (QED) is 0.548. The van der Waals surface area contributed by atoms with Crippen molar-refractivity contribution < 1.29 is 0 Å². The van der Waals surface area contributed by atoms with Gasteiger partial charge in [-0.3, -0.25) is 0 Å². The molecule has 7 nitrogen and oxygen atoms in total. The van der Waals surface area contributed by atoms with Crippen LogP contribution in [-0.2, 0) is 0 Å². The molecule has 2 N–H and O–H groups in total. The maximum atomic E-state index is 6.56. The molecule has 2 aromatic carbocycles. The highest BCUT2D eigenvalue weighted by Crippen LogP contribution is 2.33. The average Bonchev–Trinajstić information content (AvgIpc) is 3.11. The molecule has 0 unspecified atom stereocenters. The number of benzene rings is 2. The highest BCUT2D eigenvalue weighted by atomic mass is 35.5. The lowest BCUT2D eigenvalue weighted by Crippen LogP contribution is -2.45. The third kappa shape index (κ3) is 3.36. The Bertz CT molecular complexity index is 1180. The molecular weight excluding hydrogens is 398 g/mol. The van der Waals surface area contributed by atoms with Crippen molar-refractivity contribution in [3.05, 3.63) is 59.6 Å². The average molecular weight is 420 g/mol. The molecule has 1 fully saturated rings. The van der Waals surface area contributed by atoms with Crippen LogP contribution in [0.2, 0.25) is 5.02 Å². The summed E-state index contributed by atoms with van der Waals surface area (Å²) < 4.78 is 1.70. The van der Waals surface area contributed by atoms with Crippen molar-refractivity contribution in [3.63, 3.8) is 0 Å².